The predicted molar refractivity (Wildman–Crippen MR) is 114 cm³/mol. The molecular formula is C22H23N3O3S. The first-order valence-corrected chi connectivity index (χ1v) is 10.1. The molecule has 0 atom stereocenters. The van der Waals surface area contributed by atoms with E-state index in [9.17, 15) is 9.59 Å². The molecule has 6 nitrogen and oxygen atoms in total. The second kappa shape index (κ2) is 9.34. The molecule has 2 amide bonds. The molecule has 1 aromatic heterocycles. The van der Waals surface area contributed by atoms with E-state index in [2.05, 4.69) is 10.3 Å². The van der Waals surface area contributed by atoms with Gasteiger partial charge in [0.25, 0.3) is 11.8 Å². The zero-order valence-electron chi connectivity index (χ0n) is 16.6. The van der Waals surface area contributed by atoms with Gasteiger partial charge in [-0.3, -0.25) is 9.59 Å². The van der Waals surface area contributed by atoms with Crippen LogP contribution in [0.15, 0.2) is 54.0 Å². The summed E-state index contributed by atoms with van der Waals surface area (Å²) in [7, 11) is 3.35. The number of carbonyl (C=O) groups is 2. The standard InChI is InChI=1S/C22H23N3O3S/c1-4-28-19-9-8-17(22(27)25(2)3)13-18(19)20(26)24-14-15-6-5-7-16(12-15)21-23-10-11-29-21/h5-13H,4,14H2,1-3H3,(H,24,26). The summed E-state index contributed by atoms with van der Waals surface area (Å²) in [6, 6.07) is 12.8. The van der Waals surface area contributed by atoms with Crippen molar-refractivity contribution < 1.29 is 14.3 Å². The van der Waals surface area contributed by atoms with Gasteiger partial charge < -0.3 is 15.0 Å². The zero-order valence-corrected chi connectivity index (χ0v) is 17.5. The summed E-state index contributed by atoms with van der Waals surface area (Å²) < 4.78 is 5.58. The molecule has 3 rings (SSSR count). The molecule has 0 unspecified atom stereocenters. The van der Waals surface area contributed by atoms with Crippen molar-refractivity contribution in [1.29, 1.82) is 0 Å². The van der Waals surface area contributed by atoms with Crippen LogP contribution in [0.25, 0.3) is 10.6 Å². The van der Waals surface area contributed by atoms with Gasteiger partial charge in [0.2, 0.25) is 0 Å². The highest BCUT2D eigenvalue weighted by atomic mass is 32.1. The Morgan fingerprint density at radius 1 is 1.17 bits per heavy atom. The molecule has 0 aliphatic heterocycles. The van der Waals surface area contributed by atoms with Gasteiger partial charge in [0.15, 0.2) is 0 Å². The van der Waals surface area contributed by atoms with Gasteiger partial charge >= 0.3 is 0 Å². The van der Waals surface area contributed by atoms with Crippen molar-refractivity contribution in [3.05, 3.63) is 70.7 Å². The van der Waals surface area contributed by atoms with Crippen LogP contribution in [0.2, 0.25) is 0 Å². The van der Waals surface area contributed by atoms with Crippen LogP contribution in [-0.2, 0) is 6.54 Å². The van der Waals surface area contributed by atoms with Crippen molar-refractivity contribution in [3.8, 4) is 16.3 Å². The number of rotatable bonds is 7. The van der Waals surface area contributed by atoms with Gasteiger partial charge in [0.05, 0.1) is 12.2 Å². The maximum absolute atomic E-state index is 12.8. The van der Waals surface area contributed by atoms with Crippen molar-refractivity contribution in [1.82, 2.24) is 15.2 Å². The molecule has 0 fully saturated rings. The predicted octanol–water partition coefficient (Wildman–Crippen LogP) is 3.84. The maximum atomic E-state index is 12.8. The number of nitrogens with one attached hydrogen (secondary N) is 1. The van der Waals surface area contributed by atoms with Gasteiger partial charge in [0.1, 0.15) is 10.8 Å². The third-order valence-corrected chi connectivity index (χ3v) is 5.06. The van der Waals surface area contributed by atoms with Crippen LogP contribution >= 0.6 is 11.3 Å². The van der Waals surface area contributed by atoms with E-state index in [1.807, 2.05) is 36.6 Å². The second-order valence-corrected chi connectivity index (χ2v) is 7.46. The Kier molecular flexibility index (Phi) is 6.61. The van der Waals surface area contributed by atoms with Gasteiger partial charge in [-0.05, 0) is 36.8 Å². The first kappa shape index (κ1) is 20.5. The SMILES string of the molecule is CCOc1ccc(C(=O)N(C)C)cc1C(=O)NCc1cccc(-c2nccs2)c1. The van der Waals surface area contributed by atoms with Crippen molar-refractivity contribution >= 4 is 23.2 Å². The molecule has 150 valence electrons. The third kappa shape index (κ3) is 5.00. The highest BCUT2D eigenvalue weighted by Gasteiger charge is 2.17. The molecule has 0 saturated carbocycles. The van der Waals surface area contributed by atoms with E-state index in [0.717, 1.165) is 16.1 Å². The lowest BCUT2D eigenvalue weighted by Gasteiger charge is -2.15. The Morgan fingerprint density at radius 2 is 2.00 bits per heavy atom. The average Bonchev–Trinajstić information content (AvgIpc) is 3.27. The summed E-state index contributed by atoms with van der Waals surface area (Å²) in [6.45, 7) is 2.64. The van der Waals surface area contributed by atoms with Crippen molar-refractivity contribution in [2.24, 2.45) is 0 Å². The van der Waals surface area contributed by atoms with E-state index in [-0.39, 0.29) is 11.8 Å². The minimum absolute atomic E-state index is 0.168. The number of hydrogen-bond donors (Lipinski definition) is 1. The van der Waals surface area contributed by atoms with E-state index in [4.69, 9.17) is 4.74 Å². The number of amides is 2. The van der Waals surface area contributed by atoms with Crippen LogP contribution in [0.3, 0.4) is 0 Å². The Labute approximate surface area is 174 Å². The smallest absolute Gasteiger partial charge is 0.255 e. The molecule has 0 aliphatic carbocycles. The van der Waals surface area contributed by atoms with Gasteiger partial charge in [-0.15, -0.1) is 11.3 Å². The largest absolute Gasteiger partial charge is 0.493 e. The molecule has 0 spiro atoms. The quantitative estimate of drug-likeness (QED) is 0.644. The van der Waals surface area contributed by atoms with E-state index in [0.29, 0.717) is 30.0 Å². The molecule has 0 aliphatic rings. The van der Waals surface area contributed by atoms with Crippen LogP contribution in [0.5, 0.6) is 5.75 Å². The van der Waals surface area contributed by atoms with Crippen LogP contribution in [0.1, 0.15) is 33.2 Å². The Bertz CT molecular complexity index is 1000. The highest BCUT2D eigenvalue weighted by Crippen LogP contribution is 2.23. The number of thiazole rings is 1. The minimum atomic E-state index is -0.290. The van der Waals surface area contributed by atoms with Crippen molar-refractivity contribution in [3.63, 3.8) is 0 Å². The zero-order chi connectivity index (χ0) is 20.8. The third-order valence-electron chi connectivity index (χ3n) is 4.24. The van der Waals surface area contributed by atoms with Gasteiger partial charge in [-0.25, -0.2) is 4.98 Å². The summed E-state index contributed by atoms with van der Waals surface area (Å²) in [5.41, 5.74) is 2.76. The number of ether oxygens (including phenoxy) is 1. The molecule has 3 aromatic rings. The maximum Gasteiger partial charge on any atom is 0.255 e. The Balaban J connectivity index is 1.78. The van der Waals surface area contributed by atoms with Crippen molar-refractivity contribution in [2.75, 3.05) is 20.7 Å². The lowest BCUT2D eigenvalue weighted by molar-refractivity contribution is 0.0827. The first-order chi connectivity index (χ1) is 14.0. The fourth-order valence-electron chi connectivity index (χ4n) is 2.84. The summed E-state index contributed by atoms with van der Waals surface area (Å²) in [4.78, 5) is 30.9. The fourth-order valence-corrected chi connectivity index (χ4v) is 3.47. The first-order valence-electron chi connectivity index (χ1n) is 9.25. The summed E-state index contributed by atoms with van der Waals surface area (Å²) >= 11 is 1.57. The van der Waals surface area contributed by atoms with E-state index in [1.54, 1.807) is 49.8 Å². The lowest BCUT2D eigenvalue weighted by atomic mass is 10.1. The molecule has 0 radical (unpaired) electrons. The normalized spacial score (nSPS) is 10.4. The van der Waals surface area contributed by atoms with E-state index >= 15 is 0 Å². The Hall–Kier alpha value is -3.19. The average molecular weight is 410 g/mol. The van der Waals surface area contributed by atoms with Crippen LogP contribution in [0.4, 0.5) is 0 Å². The van der Waals surface area contributed by atoms with Gasteiger partial charge in [-0.1, -0.05) is 18.2 Å². The molecule has 29 heavy (non-hydrogen) atoms. The Morgan fingerprint density at radius 3 is 2.69 bits per heavy atom. The molecule has 1 N–H and O–H groups in total. The summed E-state index contributed by atoms with van der Waals surface area (Å²) in [5, 5.41) is 5.79. The summed E-state index contributed by atoms with van der Waals surface area (Å²) in [6.07, 6.45) is 1.77. The second-order valence-electron chi connectivity index (χ2n) is 6.56. The molecule has 0 saturated heterocycles. The van der Waals surface area contributed by atoms with Crippen LogP contribution in [-0.4, -0.2) is 42.4 Å². The number of nitrogens with zero attached hydrogens (tertiary/aromatic N) is 2. The molecule has 2 aromatic carbocycles. The number of aromatic nitrogens is 1. The van der Waals surface area contributed by atoms with Crippen LogP contribution < -0.4 is 10.1 Å². The molecular weight excluding hydrogens is 386 g/mol. The molecule has 1 heterocycles. The topological polar surface area (TPSA) is 71.5 Å². The van der Waals surface area contributed by atoms with Crippen LogP contribution in [0, 0.1) is 0 Å². The lowest BCUT2D eigenvalue weighted by Crippen LogP contribution is -2.25. The highest BCUT2D eigenvalue weighted by molar-refractivity contribution is 7.13. The molecule has 7 heteroatoms. The fraction of sp³-hybridized carbons (Fsp3) is 0.227. The van der Waals surface area contributed by atoms with Gasteiger partial charge in [0, 0.05) is 43.3 Å². The van der Waals surface area contributed by atoms with E-state index in [1.165, 1.54) is 4.90 Å². The van der Waals surface area contributed by atoms with Gasteiger partial charge in [-0.2, -0.15) is 0 Å². The van der Waals surface area contributed by atoms with Crippen molar-refractivity contribution in [2.45, 2.75) is 13.5 Å². The number of hydrogen-bond acceptors (Lipinski definition) is 5. The van der Waals surface area contributed by atoms with E-state index < -0.39 is 0 Å². The molecule has 0 bridgehead atoms. The minimum Gasteiger partial charge on any atom is -0.493 e. The summed E-state index contributed by atoms with van der Waals surface area (Å²) in [5.74, 6) is -0.00315. The number of benzene rings is 2. The number of carbonyl (C=O) groups excluding carboxylic acids is 2. The monoisotopic (exact) mass is 409 g/mol.